The Kier molecular flexibility index (Phi) is 34.6. The number of carbonyl (C=O) groups excluding carboxylic acids is 12. The highest BCUT2D eigenvalue weighted by atomic mass is 16.6. The molecule has 1 saturated heterocycles. The predicted octanol–water partition coefficient (Wildman–Crippen LogP) is 2.08. The fourth-order valence-electron chi connectivity index (χ4n) is 9.49. The number of carbonyl (C=O) groups is 12. The highest BCUT2D eigenvalue weighted by molar-refractivity contribution is 5.97. The molecule has 0 saturated carbocycles. The Morgan fingerprint density at radius 2 is 1.03 bits per heavy atom. The van der Waals surface area contributed by atoms with Crippen molar-refractivity contribution in [3.63, 3.8) is 0 Å². The van der Waals surface area contributed by atoms with Crippen molar-refractivity contribution in [2.24, 2.45) is 23.5 Å². The Labute approximate surface area is 558 Å². The van der Waals surface area contributed by atoms with Crippen molar-refractivity contribution in [1.29, 1.82) is 0 Å². The first kappa shape index (κ1) is 83.4. The number of ether oxygens (including phenoxy) is 4. The summed E-state index contributed by atoms with van der Waals surface area (Å²) in [4.78, 5) is 168. The van der Waals surface area contributed by atoms with Gasteiger partial charge in [-0.2, -0.15) is 0 Å². The summed E-state index contributed by atoms with van der Waals surface area (Å²) in [5, 5.41) is 51.0. The second-order valence-electron chi connectivity index (χ2n) is 28.4. The predicted molar refractivity (Wildman–Crippen MR) is 352 cm³/mol. The summed E-state index contributed by atoms with van der Waals surface area (Å²) in [6.07, 6.45) is -8.44. The molecule has 30 nitrogen and oxygen atoms in total. The van der Waals surface area contributed by atoms with Crippen LogP contribution in [0.5, 0.6) is 0 Å². The molecule has 0 radical (unpaired) electrons. The standard InChI is InChI=1S/C65H110N12O18/c1-37(2)32-46-54(84)73-44(25-30-70-60(90)94-64(11,12)13)49(81)35-42(23-28-68-58(88)92-62(5,6)7)52(82)77-51(39(4)79)57(87)67-27-22-41(34-48(80)43(74-56(86)50(66)38(3)78)24-29-69-59(89)93-63(8,9)10)36-72-45(26-31-71-61(91)95-65(14,15)16)53(83)76-47(55(85)75-46)33-40-20-18-17-19-21-40/h17-21,37-39,41-47,50-51,72,78-79H,22-36,66H2,1-16H3,(H,67,87)(H,68,88)(H,69,89)(H,70,90)(H,71,91)(H,73,84)(H,74,86)(H,75,85)(H,76,83)(H,77,82)/t38?,39?,41-,42-,43+,44+,45+,46+,47-,50+,51+/m1/s1. The smallest absolute Gasteiger partial charge is 0.407 e. The van der Waals surface area contributed by atoms with E-state index in [1.165, 1.54) is 13.8 Å². The van der Waals surface area contributed by atoms with Crippen LogP contribution in [0, 0.1) is 17.8 Å². The second kappa shape index (κ2) is 39.4. The molecular weight excluding hydrogens is 1240 g/mol. The summed E-state index contributed by atoms with van der Waals surface area (Å²) < 4.78 is 21.6. The third-order valence-electron chi connectivity index (χ3n) is 14.1. The number of aliphatic hydroxyl groups excluding tert-OH is 2. The van der Waals surface area contributed by atoms with E-state index in [9.17, 15) is 67.7 Å². The van der Waals surface area contributed by atoms with E-state index in [-0.39, 0.29) is 90.1 Å². The molecule has 0 bridgehead atoms. The van der Waals surface area contributed by atoms with Crippen LogP contribution in [0.2, 0.25) is 0 Å². The van der Waals surface area contributed by atoms with Crippen molar-refractivity contribution in [2.45, 2.75) is 245 Å². The number of nitrogens with two attached hydrogens (primary N) is 1. The zero-order chi connectivity index (χ0) is 72.2. The van der Waals surface area contributed by atoms with Gasteiger partial charge in [-0.1, -0.05) is 44.2 Å². The average molecular weight is 1350 g/mol. The largest absolute Gasteiger partial charge is 0.444 e. The summed E-state index contributed by atoms with van der Waals surface area (Å²) in [6.45, 7) is 24.5. The lowest BCUT2D eigenvalue weighted by Gasteiger charge is -2.28. The number of amides is 10. The minimum Gasteiger partial charge on any atom is -0.444 e. The first-order valence-electron chi connectivity index (χ1n) is 32.5. The lowest BCUT2D eigenvalue weighted by atomic mass is 9.92. The van der Waals surface area contributed by atoms with Gasteiger partial charge in [-0.05, 0) is 159 Å². The number of aliphatic hydroxyl groups is 2. The summed E-state index contributed by atoms with van der Waals surface area (Å²) >= 11 is 0. The van der Waals surface area contributed by atoms with Gasteiger partial charge in [0, 0.05) is 57.9 Å². The summed E-state index contributed by atoms with van der Waals surface area (Å²) in [6, 6.07) is -1.47. The van der Waals surface area contributed by atoms with Crippen molar-refractivity contribution < 1.29 is 86.7 Å². The number of hydrogen-bond donors (Lipinski definition) is 14. The summed E-state index contributed by atoms with van der Waals surface area (Å²) in [5.41, 5.74) is 2.96. The summed E-state index contributed by atoms with van der Waals surface area (Å²) in [5.74, 6) is -9.13. The topological polar surface area (TPSA) is 441 Å². The Hall–Kier alpha value is -7.70. The number of alkyl carbamates (subject to hydrolysis) is 4. The van der Waals surface area contributed by atoms with Crippen LogP contribution in [0.15, 0.2) is 30.3 Å². The maximum atomic E-state index is 15.0. The van der Waals surface area contributed by atoms with Crippen LogP contribution >= 0.6 is 0 Å². The first-order valence-corrected chi connectivity index (χ1v) is 32.5. The first-order chi connectivity index (χ1) is 43.9. The van der Waals surface area contributed by atoms with Crippen LogP contribution in [-0.2, 0) is 63.7 Å². The molecule has 11 atom stereocenters. The third-order valence-corrected chi connectivity index (χ3v) is 14.1. The fraction of sp³-hybridized carbons (Fsp3) is 0.723. The molecule has 538 valence electrons. The molecule has 1 aromatic rings. The molecule has 30 heteroatoms. The fourth-order valence-corrected chi connectivity index (χ4v) is 9.49. The van der Waals surface area contributed by atoms with Crippen LogP contribution in [0.25, 0.3) is 0 Å². The van der Waals surface area contributed by atoms with Crippen molar-refractivity contribution in [2.75, 3.05) is 39.3 Å². The molecule has 0 spiro atoms. The number of hydrogen-bond acceptors (Lipinski definition) is 20. The summed E-state index contributed by atoms with van der Waals surface area (Å²) in [7, 11) is 0. The van der Waals surface area contributed by atoms with Gasteiger partial charge in [0.25, 0.3) is 0 Å². The molecule has 15 N–H and O–H groups in total. The van der Waals surface area contributed by atoms with E-state index in [1.54, 1.807) is 127 Å². The Bertz CT molecular complexity index is 2700. The normalized spacial score (nSPS) is 21.7. The SMILES string of the molecule is CC(C)C[C@@H]1NC(=O)[C@@H](Cc2ccccc2)NC(=O)[C@H](CCNC(=O)OC(C)(C)C)NC[C@@H](CC(=O)[C@H](CCNC(=O)OC(C)(C)C)NC(=O)[C@@H](N)C(C)O)CCNC(=O)[C@H](C(C)O)NC(=O)[C@H](CCNC(=O)OC(C)(C)C)CC(=O)[C@H](CCNC(=O)OC(C)(C)C)NC1=O. The molecule has 0 aliphatic carbocycles. The van der Waals surface area contributed by atoms with E-state index >= 15 is 0 Å². The number of benzene rings is 1. The molecule has 1 heterocycles. The van der Waals surface area contributed by atoms with Crippen molar-refractivity contribution in [3.05, 3.63) is 35.9 Å². The van der Waals surface area contributed by atoms with Gasteiger partial charge in [-0.15, -0.1) is 0 Å². The van der Waals surface area contributed by atoms with Crippen molar-refractivity contribution in [3.8, 4) is 0 Å². The lowest BCUT2D eigenvalue weighted by molar-refractivity contribution is -0.136. The molecule has 2 unspecified atom stereocenters. The van der Waals surface area contributed by atoms with E-state index in [0.717, 1.165) is 0 Å². The van der Waals surface area contributed by atoms with Gasteiger partial charge >= 0.3 is 24.4 Å². The molecule has 1 aromatic carbocycles. The number of ketones is 2. The van der Waals surface area contributed by atoms with Gasteiger partial charge in [-0.25, -0.2) is 19.2 Å². The Morgan fingerprint density at radius 1 is 0.579 bits per heavy atom. The van der Waals surface area contributed by atoms with Crippen molar-refractivity contribution >= 4 is 71.4 Å². The highest BCUT2D eigenvalue weighted by Crippen LogP contribution is 2.19. The van der Waals surface area contributed by atoms with E-state index in [4.69, 9.17) is 24.7 Å². The zero-order valence-electron chi connectivity index (χ0n) is 58.4. The quantitative estimate of drug-likeness (QED) is 0.0697. The van der Waals surface area contributed by atoms with E-state index in [2.05, 4.69) is 58.5 Å². The molecule has 1 aliphatic heterocycles. The van der Waals surface area contributed by atoms with Gasteiger partial charge in [-0.3, -0.25) is 38.4 Å². The van der Waals surface area contributed by atoms with Crippen LogP contribution in [0.1, 0.15) is 168 Å². The number of rotatable bonds is 23. The van der Waals surface area contributed by atoms with Crippen LogP contribution in [-0.4, -0.2) is 198 Å². The maximum Gasteiger partial charge on any atom is 0.407 e. The monoisotopic (exact) mass is 1350 g/mol. The second-order valence-corrected chi connectivity index (χ2v) is 28.4. The van der Waals surface area contributed by atoms with Gasteiger partial charge in [0.05, 0.1) is 30.3 Å². The molecule has 1 aliphatic rings. The molecule has 10 amide bonds. The number of nitrogens with one attached hydrogen (secondary N) is 11. The molecule has 95 heavy (non-hydrogen) atoms. The minimum absolute atomic E-state index is 0.0103. The van der Waals surface area contributed by atoms with Crippen LogP contribution in [0.3, 0.4) is 0 Å². The zero-order valence-corrected chi connectivity index (χ0v) is 58.4. The average Bonchev–Trinajstić information content (AvgIpc) is 1.17. The molecular formula is C65H110N12O18. The maximum absolute atomic E-state index is 15.0. The van der Waals surface area contributed by atoms with Gasteiger partial charge in [0.1, 0.15) is 46.6 Å². The lowest BCUT2D eigenvalue weighted by Crippen LogP contribution is -2.58. The van der Waals surface area contributed by atoms with E-state index < -0.39 is 173 Å². The highest BCUT2D eigenvalue weighted by Gasteiger charge is 2.37. The van der Waals surface area contributed by atoms with Crippen molar-refractivity contribution in [1.82, 2.24) is 58.5 Å². The molecule has 0 aromatic heterocycles. The van der Waals surface area contributed by atoms with E-state index in [0.29, 0.717) is 5.56 Å². The van der Waals surface area contributed by atoms with Gasteiger partial charge in [0.2, 0.25) is 35.4 Å². The van der Waals surface area contributed by atoms with Gasteiger partial charge < -0.3 is 93.4 Å². The molecule has 1 fully saturated rings. The van der Waals surface area contributed by atoms with Crippen LogP contribution < -0.4 is 64.2 Å². The Morgan fingerprint density at radius 3 is 1.52 bits per heavy atom. The van der Waals surface area contributed by atoms with Gasteiger partial charge in [0.15, 0.2) is 11.6 Å². The van der Waals surface area contributed by atoms with Crippen LogP contribution in [0.4, 0.5) is 19.2 Å². The molecule has 2 rings (SSSR count). The van der Waals surface area contributed by atoms with E-state index in [1.807, 2.05) is 0 Å². The Balaban J connectivity index is 2.98. The number of Topliss-reactive ketones (excluding diaryl/α,β-unsaturated/α-hetero) is 2. The third kappa shape index (κ3) is 35.6. The minimum atomic E-state index is -1.70.